The third-order valence-electron chi connectivity index (χ3n) is 2.68. The van der Waals surface area contributed by atoms with Gasteiger partial charge in [0.1, 0.15) is 5.82 Å². The number of nitrogens with one attached hydrogen (secondary N) is 1. The quantitative estimate of drug-likeness (QED) is 0.792. The minimum atomic E-state index is -0.245. The summed E-state index contributed by atoms with van der Waals surface area (Å²) in [5.41, 5.74) is 0.993. The number of hydrogen-bond acceptors (Lipinski definition) is 3. The maximum Gasteiger partial charge on any atom is 0.307 e. The highest BCUT2D eigenvalue weighted by Crippen LogP contribution is 2.14. The maximum absolute atomic E-state index is 12.8. The van der Waals surface area contributed by atoms with Gasteiger partial charge in [-0.15, -0.1) is 0 Å². The van der Waals surface area contributed by atoms with E-state index in [-0.39, 0.29) is 23.9 Å². The molecule has 2 atom stereocenters. The molecule has 0 radical (unpaired) electrons. The minimum Gasteiger partial charge on any atom is -0.466 e. The van der Waals surface area contributed by atoms with E-state index in [2.05, 4.69) is 5.32 Å². The Balaban J connectivity index is 2.46. The van der Waals surface area contributed by atoms with Crippen molar-refractivity contribution in [1.82, 2.24) is 5.32 Å². The van der Waals surface area contributed by atoms with E-state index in [1.54, 1.807) is 19.1 Å². The number of benzene rings is 1. The van der Waals surface area contributed by atoms with Crippen LogP contribution in [0.3, 0.4) is 0 Å². The van der Waals surface area contributed by atoms with Crippen molar-refractivity contribution in [3.05, 3.63) is 35.6 Å². The van der Waals surface area contributed by atoms with Crippen molar-refractivity contribution in [2.24, 2.45) is 0 Å². The highest BCUT2D eigenvalue weighted by Gasteiger charge is 2.13. The topological polar surface area (TPSA) is 38.3 Å². The van der Waals surface area contributed by atoms with Crippen molar-refractivity contribution in [2.75, 3.05) is 6.61 Å². The average Bonchev–Trinajstić information content (AvgIpc) is 2.29. The van der Waals surface area contributed by atoms with Crippen LogP contribution >= 0.6 is 0 Å². The molecule has 1 unspecified atom stereocenters. The molecule has 0 saturated heterocycles. The van der Waals surface area contributed by atoms with Crippen molar-refractivity contribution < 1.29 is 13.9 Å². The molecular formula is C14H20FNO2. The molecule has 3 nitrogen and oxygen atoms in total. The van der Waals surface area contributed by atoms with Gasteiger partial charge < -0.3 is 10.1 Å². The molecule has 100 valence electrons. The summed E-state index contributed by atoms with van der Waals surface area (Å²) >= 11 is 0. The largest absolute Gasteiger partial charge is 0.466 e. The Labute approximate surface area is 107 Å². The monoisotopic (exact) mass is 253 g/mol. The van der Waals surface area contributed by atoms with Crippen LogP contribution in [0.1, 0.15) is 38.8 Å². The standard InChI is InChI=1S/C14H20FNO2/c1-4-18-14(17)9-10(2)16-11(3)12-5-7-13(15)8-6-12/h5-8,10-11,16H,4,9H2,1-3H3/t10?,11-/m0/s1. The van der Waals surface area contributed by atoms with Crippen LogP contribution in [0.5, 0.6) is 0 Å². The molecule has 18 heavy (non-hydrogen) atoms. The summed E-state index contributed by atoms with van der Waals surface area (Å²) in [5.74, 6) is -0.450. The third kappa shape index (κ3) is 4.84. The van der Waals surface area contributed by atoms with Crippen molar-refractivity contribution in [3.63, 3.8) is 0 Å². The molecule has 0 spiro atoms. The Morgan fingerprint density at radius 3 is 2.50 bits per heavy atom. The van der Waals surface area contributed by atoms with Gasteiger partial charge in [0, 0.05) is 12.1 Å². The van der Waals surface area contributed by atoms with Crippen LogP contribution in [0, 0.1) is 5.82 Å². The fraction of sp³-hybridized carbons (Fsp3) is 0.500. The molecule has 1 aromatic carbocycles. The number of rotatable bonds is 6. The number of esters is 1. The molecule has 0 amide bonds. The number of carbonyl (C=O) groups is 1. The van der Waals surface area contributed by atoms with E-state index >= 15 is 0 Å². The van der Waals surface area contributed by atoms with Gasteiger partial charge in [0.25, 0.3) is 0 Å². The fourth-order valence-electron chi connectivity index (χ4n) is 1.80. The second kappa shape index (κ2) is 7.11. The number of hydrogen-bond donors (Lipinski definition) is 1. The van der Waals surface area contributed by atoms with Crippen LogP contribution in [0.4, 0.5) is 4.39 Å². The summed E-state index contributed by atoms with van der Waals surface area (Å²) in [6.45, 7) is 6.10. The van der Waals surface area contributed by atoms with Gasteiger partial charge in [-0.2, -0.15) is 0 Å². The Bertz CT molecular complexity index is 378. The lowest BCUT2D eigenvalue weighted by atomic mass is 10.1. The zero-order valence-electron chi connectivity index (χ0n) is 11.1. The molecule has 0 fully saturated rings. The lowest BCUT2D eigenvalue weighted by molar-refractivity contribution is -0.143. The van der Waals surface area contributed by atoms with Crippen molar-refractivity contribution >= 4 is 5.97 Å². The van der Waals surface area contributed by atoms with E-state index in [0.29, 0.717) is 13.0 Å². The Morgan fingerprint density at radius 2 is 1.94 bits per heavy atom. The van der Waals surface area contributed by atoms with Gasteiger partial charge in [-0.3, -0.25) is 4.79 Å². The highest BCUT2D eigenvalue weighted by molar-refractivity contribution is 5.70. The second-order valence-electron chi connectivity index (χ2n) is 4.35. The van der Waals surface area contributed by atoms with Gasteiger partial charge in [0.15, 0.2) is 0 Å². The zero-order valence-corrected chi connectivity index (χ0v) is 11.1. The maximum atomic E-state index is 12.8. The molecule has 0 heterocycles. The first-order valence-corrected chi connectivity index (χ1v) is 6.20. The predicted octanol–water partition coefficient (Wildman–Crippen LogP) is 2.82. The summed E-state index contributed by atoms with van der Waals surface area (Å²) in [4.78, 5) is 11.3. The molecule has 0 aromatic heterocycles. The average molecular weight is 253 g/mol. The minimum absolute atomic E-state index is 0.0177. The van der Waals surface area contributed by atoms with Gasteiger partial charge in [0.2, 0.25) is 0 Å². The van der Waals surface area contributed by atoms with Crippen LogP contribution in [0.25, 0.3) is 0 Å². The van der Waals surface area contributed by atoms with E-state index in [1.807, 2.05) is 13.8 Å². The van der Waals surface area contributed by atoms with E-state index < -0.39 is 0 Å². The van der Waals surface area contributed by atoms with Crippen molar-refractivity contribution in [3.8, 4) is 0 Å². The summed E-state index contributed by atoms with van der Waals surface area (Å²) in [5, 5.41) is 3.28. The smallest absolute Gasteiger partial charge is 0.307 e. The number of carbonyl (C=O) groups excluding carboxylic acids is 1. The van der Waals surface area contributed by atoms with Crippen LogP contribution in [0.15, 0.2) is 24.3 Å². The van der Waals surface area contributed by atoms with Gasteiger partial charge in [-0.05, 0) is 38.5 Å². The first-order chi connectivity index (χ1) is 8.52. The van der Waals surface area contributed by atoms with E-state index in [1.165, 1.54) is 12.1 Å². The number of ether oxygens (including phenoxy) is 1. The summed E-state index contributed by atoms with van der Waals surface area (Å²) < 4.78 is 17.7. The van der Waals surface area contributed by atoms with Crippen LogP contribution in [0.2, 0.25) is 0 Å². The Hall–Kier alpha value is -1.42. The third-order valence-corrected chi connectivity index (χ3v) is 2.68. The predicted molar refractivity (Wildman–Crippen MR) is 68.7 cm³/mol. The van der Waals surface area contributed by atoms with Crippen LogP contribution < -0.4 is 5.32 Å². The molecule has 4 heteroatoms. The summed E-state index contributed by atoms with van der Waals surface area (Å²) in [7, 11) is 0. The molecule has 0 bridgehead atoms. The van der Waals surface area contributed by atoms with Crippen molar-refractivity contribution in [1.29, 1.82) is 0 Å². The first kappa shape index (κ1) is 14.6. The lowest BCUT2D eigenvalue weighted by Gasteiger charge is -2.19. The summed E-state index contributed by atoms with van der Waals surface area (Å²) in [6.07, 6.45) is 0.333. The Kier molecular flexibility index (Phi) is 5.78. The van der Waals surface area contributed by atoms with E-state index in [4.69, 9.17) is 4.74 Å². The molecule has 0 aliphatic carbocycles. The van der Waals surface area contributed by atoms with Crippen molar-refractivity contribution in [2.45, 2.75) is 39.3 Å². The summed E-state index contributed by atoms with van der Waals surface area (Å²) in [6, 6.07) is 6.43. The lowest BCUT2D eigenvalue weighted by Crippen LogP contribution is -2.31. The SMILES string of the molecule is CCOC(=O)CC(C)N[C@@H](C)c1ccc(F)cc1. The molecule has 1 N–H and O–H groups in total. The molecule has 1 aromatic rings. The van der Waals surface area contributed by atoms with Gasteiger partial charge >= 0.3 is 5.97 Å². The number of halogens is 1. The fourth-order valence-corrected chi connectivity index (χ4v) is 1.80. The van der Waals surface area contributed by atoms with Gasteiger partial charge in [0.05, 0.1) is 13.0 Å². The molecule has 0 aliphatic rings. The van der Waals surface area contributed by atoms with Crippen LogP contribution in [-0.2, 0) is 9.53 Å². The van der Waals surface area contributed by atoms with Crippen LogP contribution in [-0.4, -0.2) is 18.6 Å². The molecule has 0 aliphatic heterocycles. The normalized spacial score (nSPS) is 14.0. The Morgan fingerprint density at radius 1 is 1.33 bits per heavy atom. The molecular weight excluding hydrogens is 233 g/mol. The highest BCUT2D eigenvalue weighted by atomic mass is 19.1. The van der Waals surface area contributed by atoms with E-state index in [0.717, 1.165) is 5.56 Å². The second-order valence-corrected chi connectivity index (χ2v) is 4.35. The molecule has 0 saturated carbocycles. The molecule has 1 rings (SSSR count). The zero-order chi connectivity index (χ0) is 13.5. The van der Waals surface area contributed by atoms with Gasteiger partial charge in [-0.1, -0.05) is 12.1 Å². The first-order valence-electron chi connectivity index (χ1n) is 6.20. The van der Waals surface area contributed by atoms with Gasteiger partial charge in [-0.25, -0.2) is 4.39 Å². The van der Waals surface area contributed by atoms with E-state index in [9.17, 15) is 9.18 Å².